The van der Waals surface area contributed by atoms with Crippen LogP contribution in [0.1, 0.15) is 28.8 Å². The van der Waals surface area contributed by atoms with Crippen molar-refractivity contribution in [3.8, 4) is 0 Å². The number of benzene rings is 2. The van der Waals surface area contributed by atoms with Crippen molar-refractivity contribution in [1.29, 1.82) is 0 Å². The molecule has 0 bridgehead atoms. The molecule has 11 heteroatoms. The monoisotopic (exact) mass is 473 g/mol. The SMILES string of the molecule is COC(=O)c1ccc(CN(c2cccc(F)c2)S(=O)(=O)C2CCS(=O)(=O)CC2)c(F)c1. The third-order valence-corrected chi connectivity index (χ3v) is 9.10. The summed E-state index contributed by atoms with van der Waals surface area (Å²) >= 11 is 0. The molecule has 2 aromatic carbocycles. The number of methoxy groups -OCH3 is 1. The van der Waals surface area contributed by atoms with Gasteiger partial charge < -0.3 is 4.74 Å². The summed E-state index contributed by atoms with van der Waals surface area (Å²) in [5.41, 5.74) is -0.0878. The van der Waals surface area contributed by atoms with Crippen molar-refractivity contribution in [3.05, 3.63) is 65.2 Å². The van der Waals surface area contributed by atoms with Gasteiger partial charge >= 0.3 is 5.97 Å². The van der Waals surface area contributed by atoms with E-state index in [1.54, 1.807) is 0 Å². The smallest absolute Gasteiger partial charge is 0.337 e. The predicted molar refractivity (Wildman–Crippen MR) is 111 cm³/mol. The quantitative estimate of drug-likeness (QED) is 0.599. The Bertz CT molecular complexity index is 1180. The minimum Gasteiger partial charge on any atom is -0.465 e. The molecule has 1 heterocycles. The van der Waals surface area contributed by atoms with Crippen molar-refractivity contribution < 1.29 is 35.1 Å². The zero-order valence-electron chi connectivity index (χ0n) is 16.6. The molecule has 0 amide bonds. The van der Waals surface area contributed by atoms with Crippen LogP contribution in [0.4, 0.5) is 14.5 Å². The minimum atomic E-state index is -4.15. The minimum absolute atomic E-state index is 0.00937. The molecule has 1 aliphatic rings. The Morgan fingerprint density at radius 1 is 1.13 bits per heavy atom. The predicted octanol–water partition coefficient (Wildman–Crippen LogP) is 2.67. The third-order valence-electron chi connectivity index (χ3n) is 5.11. The summed E-state index contributed by atoms with van der Waals surface area (Å²) in [7, 11) is -6.30. The standard InChI is InChI=1S/C20H21F2NO6S2/c1-29-20(24)14-5-6-15(19(22)11-14)13-23(17-4-2-3-16(21)12-17)31(27,28)18-7-9-30(25,26)10-8-18/h2-6,11-12,18H,7-10,13H2,1H3. The van der Waals surface area contributed by atoms with Gasteiger partial charge in [0, 0.05) is 5.56 Å². The molecule has 0 aliphatic carbocycles. The Hall–Kier alpha value is -2.53. The highest BCUT2D eigenvalue weighted by molar-refractivity contribution is 7.94. The molecule has 2 aromatic rings. The number of esters is 1. The van der Waals surface area contributed by atoms with Gasteiger partial charge in [-0.2, -0.15) is 0 Å². The summed E-state index contributed by atoms with van der Waals surface area (Å²) in [6.45, 7) is -0.456. The van der Waals surface area contributed by atoms with Crippen molar-refractivity contribution >= 4 is 31.5 Å². The normalized spacial score (nSPS) is 16.6. The summed E-state index contributed by atoms with van der Waals surface area (Å²) in [5.74, 6) is -2.79. The lowest BCUT2D eigenvalue weighted by molar-refractivity contribution is 0.0600. The first-order valence-electron chi connectivity index (χ1n) is 9.38. The molecule has 0 saturated carbocycles. The van der Waals surface area contributed by atoms with Crippen LogP contribution >= 0.6 is 0 Å². The number of halogens is 2. The fourth-order valence-electron chi connectivity index (χ4n) is 3.38. The summed E-state index contributed by atoms with van der Waals surface area (Å²) in [4.78, 5) is 11.6. The van der Waals surface area contributed by atoms with E-state index in [9.17, 15) is 30.4 Å². The highest BCUT2D eigenvalue weighted by Gasteiger charge is 2.37. The molecule has 0 spiro atoms. The Morgan fingerprint density at radius 2 is 1.81 bits per heavy atom. The van der Waals surface area contributed by atoms with Gasteiger partial charge in [0.1, 0.15) is 21.5 Å². The number of anilines is 1. The molecule has 0 atom stereocenters. The Kier molecular flexibility index (Phi) is 6.65. The van der Waals surface area contributed by atoms with Gasteiger partial charge in [0.25, 0.3) is 0 Å². The summed E-state index contributed by atoms with van der Waals surface area (Å²) in [6, 6.07) is 8.36. The van der Waals surface area contributed by atoms with Gasteiger partial charge in [-0.1, -0.05) is 12.1 Å². The van der Waals surface area contributed by atoms with E-state index in [-0.39, 0.29) is 41.2 Å². The summed E-state index contributed by atoms with van der Waals surface area (Å²) in [6.07, 6.45) is -0.194. The Balaban J connectivity index is 1.99. The molecule has 31 heavy (non-hydrogen) atoms. The van der Waals surface area contributed by atoms with Crippen LogP contribution in [0.5, 0.6) is 0 Å². The number of carbonyl (C=O) groups excluding carboxylic acids is 1. The van der Waals surface area contributed by atoms with Crippen LogP contribution in [-0.2, 0) is 31.1 Å². The van der Waals surface area contributed by atoms with Gasteiger partial charge in [-0.25, -0.2) is 30.4 Å². The summed E-state index contributed by atoms with van der Waals surface area (Å²) in [5, 5.41) is -1.00. The van der Waals surface area contributed by atoms with E-state index in [0.717, 1.165) is 29.6 Å². The zero-order valence-corrected chi connectivity index (χ0v) is 18.3. The van der Waals surface area contributed by atoms with Gasteiger partial charge in [0.05, 0.1) is 41.7 Å². The number of sulfone groups is 1. The average Bonchev–Trinajstić information content (AvgIpc) is 2.71. The number of hydrogen-bond donors (Lipinski definition) is 0. The lowest BCUT2D eigenvalue weighted by Crippen LogP contribution is -2.42. The fraction of sp³-hybridized carbons (Fsp3) is 0.350. The molecule has 0 aromatic heterocycles. The van der Waals surface area contributed by atoms with E-state index < -0.39 is 49.3 Å². The highest BCUT2D eigenvalue weighted by atomic mass is 32.2. The van der Waals surface area contributed by atoms with Crippen LogP contribution in [0.15, 0.2) is 42.5 Å². The van der Waals surface area contributed by atoms with Crippen molar-refractivity contribution in [3.63, 3.8) is 0 Å². The number of ether oxygens (including phenoxy) is 1. The van der Waals surface area contributed by atoms with Gasteiger partial charge in [-0.3, -0.25) is 4.31 Å². The van der Waals surface area contributed by atoms with E-state index >= 15 is 0 Å². The fourth-order valence-corrected chi connectivity index (χ4v) is 7.09. The average molecular weight is 474 g/mol. The van der Waals surface area contributed by atoms with Crippen molar-refractivity contribution in [1.82, 2.24) is 0 Å². The molecule has 0 radical (unpaired) electrons. The first-order chi connectivity index (χ1) is 14.5. The molecule has 3 rings (SSSR count). The second-order valence-electron chi connectivity index (χ2n) is 7.18. The van der Waals surface area contributed by atoms with E-state index in [2.05, 4.69) is 4.74 Å². The molecule has 1 aliphatic heterocycles. The van der Waals surface area contributed by atoms with Gasteiger partial charge in [0.15, 0.2) is 0 Å². The molecule has 0 N–H and O–H groups in total. The second-order valence-corrected chi connectivity index (χ2v) is 11.6. The number of rotatable bonds is 6. The van der Waals surface area contributed by atoms with E-state index in [4.69, 9.17) is 0 Å². The van der Waals surface area contributed by atoms with Gasteiger partial charge in [-0.15, -0.1) is 0 Å². The number of sulfonamides is 1. The number of hydrogen-bond acceptors (Lipinski definition) is 6. The van der Waals surface area contributed by atoms with Gasteiger partial charge in [-0.05, 0) is 43.2 Å². The first kappa shape index (κ1) is 23.1. The van der Waals surface area contributed by atoms with Crippen LogP contribution in [0.25, 0.3) is 0 Å². The molecule has 1 saturated heterocycles. The molecular formula is C20H21F2NO6S2. The Labute approximate surface area is 179 Å². The topological polar surface area (TPSA) is 97.8 Å². The van der Waals surface area contributed by atoms with Crippen LogP contribution < -0.4 is 4.31 Å². The van der Waals surface area contributed by atoms with Crippen molar-refractivity contribution in [2.75, 3.05) is 22.9 Å². The van der Waals surface area contributed by atoms with E-state index in [1.807, 2.05) is 0 Å². The number of nitrogens with zero attached hydrogens (tertiary/aromatic N) is 1. The van der Waals surface area contributed by atoms with Gasteiger partial charge in [0.2, 0.25) is 10.0 Å². The largest absolute Gasteiger partial charge is 0.465 e. The van der Waals surface area contributed by atoms with Crippen LogP contribution in [0, 0.1) is 11.6 Å². The maximum absolute atomic E-state index is 14.7. The van der Waals surface area contributed by atoms with Crippen LogP contribution in [-0.4, -0.2) is 46.7 Å². The highest BCUT2D eigenvalue weighted by Crippen LogP contribution is 2.29. The first-order valence-corrected chi connectivity index (χ1v) is 12.7. The lowest BCUT2D eigenvalue weighted by Gasteiger charge is -2.31. The zero-order chi connectivity index (χ0) is 22.8. The lowest BCUT2D eigenvalue weighted by atomic mass is 10.1. The molecule has 0 unspecified atom stereocenters. The molecule has 168 valence electrons. The maximum atomic E-state index is 14.7. The van der Waals surface area contributed by atoms with Crippen LogP contribution in [0.3, 0.4) is 0 Å². The molecular weight excluding hydrogens is 452 g/mol. The second kappa shape index (κ2) is 8.91. The van der Waals surface area contributed by atoms with Crippen LogP contribution in [0.2, 0.25) is 0 Å². The summed E-state index contributed by atoms with van der Waals surface area (Å²) < 4.78 is 84.0. The maximum Gasteiger partial charge on any atom is 0.337 e. The number of carbonyl (C=O) groups is 1. The van der Waals surface area contributed by atoms with E-state index in [1.165, 1.54) is 24.3 Å². The van der Waals surface area contributed by atoms with Crippen molar-refractivity contribution in [2.24, 2.45) is 0 Å². The molecule has 7 nitrogen and oxygen atoms in total. The van der Waals surface area contributed by atoms with E-state index in [0.29, 0.717) is 0 Å². The Morgan fingerprint density at radius 3 is 2.39 bits per heavy atom. The van der Waals surface area contributed by atoms with Crippen molar-refractivity contribution in [2.45, 2.75) is 24.6 Å². The third kappa shape index (κ3) is 5.21. The molecule has 1 fully saturated rings.